The van der Waals surface area contributed by atoms with E-state index in [1.54, 1.807) is 0 Å². The molecule has 0 aromatic heterocycles. The Labute approximate surface area is 92.0 Å². The van der Waals surface area contributed by atoms with Crippen LogP contribution in [0.1, 0.15) is 68.7 Å². The molecule has 1 amide bonds. The van der Waals surface area contributed by atoms with Gasteiger partial charge in [-0.15, -0.1) is 0 Å². The number of hydrogen-bond donors (Lipinski definition) is 1. The van der Waals surface area contributed by atoms with Crippen LogP contribution in [-0.2, 0) is 4.79 Å². The Bertz CT molecular complexity index is 95.6. The van der Waals surface area contributed by atoms with E-state index >= 15 is 0 Å². The Morgan fingerprint density at radius 1 is 1.07 bits per heavy atom. The molecule has 0 rings (SSSR count). The predicted molar refractivity (Wildman–Crippen MR) is 67.6 cm³/mol. The summed E-state index contributed by atoms with van der Waals surface area (Å²) in [6.07, 6.45) is 4.72. The highest BCUT2D eigenvalue weighted by atomic mass is 16.1. The fourth-order valence-corrected chi connectivity index (χ4v) is 0.441. The molecule has 0 bridgehead atoms. The fraction of sp³-hybridized carbons (Fsp3) is 0.917. The normalized spacial score (nSPS) is 7.57. The Morgan fingerprint density at radius 3 is 1.64 bits per heavy atom. The molecule has 0 aliphatic rings. The van der Waals surface area contributed by atoms with Gasteiger partial charge in [0.2, 0.25) is 5.91 Å². The van der Waals surface area contributed by atoms with E-state index < -0.39 is 0 Å². The summed E-state index contributed by atoms with van der Waals surface area (Å²) < 4.78 is 0. The van der Waals surface area contributed by atoms with Gasteiger partial charge in [0.05, 0.1) is 0 Å². The van der Waals surface area contributed by atoms with Gasteiger partial charge in [-0.3, -0.25) is 4.79 Å². The lowest BCUT2D eigenvalue weighted by atomic mass is 10.3. The number of carbonyl (C=O) groups is 1. The Kier molecular flexibility index (Phi) is 31.2. The fourth-order valence-electron chi connectivity index (χ4n) is 0.441. The Hall–Kier alpha value is -0.530. The average Bonchev–Trinajstić information content (AvgIpc) is 2.07. The largest absolute Gasteiger partial charge is 0.356 e. The molecule has 0 unspecified atom stereocenters. The van der Waals surface area contributed by atoms with Gasteiger partial charge in [-0.2, -0.15) is 0 Å². The van der Waals surface area contributed by atoms with Crippen molar-refractivity contribution in [2.45, 2.75) is 67.2 Å². The molecule has 0 aliphatic heterocycles. The van der Waals surface area contributed by atoms with Crippen LogP contribution in [0.15, 0.2) is 0 Å². The Balaban J connectivity index is -0.0000000733. The zero-order chi connectivity index (χ0) is 11.8. The highest BCUT2D eigenvalue weighted by Crippen LogP contribution is 1.80. The van der Waals surface area contributed by atoms with E-state index in [0.29, 0.717) is 0 Å². The van der Waals surface area contributed by atoms with Crippen molar-refractivity contribution in [3.63, 3.8) is 0 Å². The van der Waals surface area contributed by atoms with Gasteiger partial charge in [-0.05, 0) is 6.42 Å². The zero-order valence-corrected chi connectivity index (χ0v) is 10.9. The lowest BCUT2D eigenvalue weighted by Gasteiger charge is -1.96. The summed E-state index contributed by atoms with van der Waals surface area (Å²) in [6.45, 7) is 13.0. The first-order chi connectivity index (χ1) is 6.60. The molecule has 0 radical (unpaired) electrons. The highest BCUT2D eigenvalue weighted by molar-refractivity contribution is 5.72. The molecule has 0 saturated heterocycles. The third-order valence-corrected chi connectivity index (χ3v) is 0.904. The molecule has 2 heteroatoms. The summed E-state index contributed by atoms with van der Waals surface area (Å²) in [5.41, 5.74) is 0. The van der Waals surface area contributed by atoms with E-state index in [2.05, 4.69) is 39.9 Å². The highest BCUT2D eigenvalue weighted by Gasteiger charge is 1.85. The molecule has 90 valence electrons. The van der Waals surface area contributed by atoms with Crippen molar-refractivity contribution in [1.82, 2.24) is 5.32 Å². The van der Waals surface area contributed by atoms with Gasteiger partial charge in [0, 0.05) is 14.9 Å². The smallest absolute Gasteiger partial charge is 0.216 e. The number of rotatable bonds is 3. The van der Waals surface area contributed by atoms with Crippen molar-refractivity contribution >= 4 is 5.91 Å². The lowest BCUT2D eigenvalue weighted by Crippen LogP contribution is -2.20. The van der Waals surface area contributed by atoms with E-state index in [0.717, 1.165) is 19.4 Å². The molecule has 0 saturated carbocycles. The van der Waals surface area contributed by atoms with Crippen molar-refractivity contribution in [3.8, 4) is 0 Å². The van der Waals surface area contributed by atoms with E-state index in [1.165, 1.54) is 19.8 Å². The zero-order valence-electron chi connectivity index (χ0n) is 10.9. The minimum Gasteiger partial charge on any atom is -0.356 e. The van der Waals surface area contributed by atoms with Gasteiger partial charge in [-0.25, -0.2) is 0 Å². The molecule has 0 fully saturated rings. The van der Waals surface area contributed by atoms with Gasteiger partial charge < -0.3 is 5.32 Å². The molecule has 0 atom stereocenters. The number of amides is 1. The van der Waals surface area contributed by atoms with Gasteiger partial charge >= 0.3 is 0 Å². The molecule has 0 heterocycles. The van der Waals surface area contributed by atoms with Crippen LogP contribution in [0.4, 0.5) is 0 Å². The monoisotopic (exact) mass is 205 g/mol. The standard InChI is InChI=1S/C6H13NO.2C3H8.H2/c1-3-4-5-7-6(2)8;2*1-3-2;/h3-5H2,1-2H3,(H,7,8);2*3H2,1-2H3;1H. The second-order valence-corrected chi connectivity index (χ2v) is 3.25. The van der Waals surface area contributed by atoms with Crippen LogP contribution in [0.25, 0.3) is 0 Å². The minimum absolute atomic E-state index is 0. The van der Waals surface area contributed by atoms with E-state index in [4.69, 9.17) is 0 Å². The summed E-state index contributed by atoms with van der Waals surface area (Å²) in [6, 6.07) is 0. The van der Waals surface area contributed by atoms with E-state index in [-0.39, 0.29) is 7.33 Å². The van der Waals surface area contributed by atoms with Gasteiger partial charge in [0.15, 0.2) is 0 Å². The number of hydrogen-bond acceptors (Lipinski definition) is 1. The van der Waals surface area contributed by atoms with Crippen molar-refractivity contribution in [3.05, 3.63) is 0 Å². The van der Waals surface area contributed by atoms with Gasteiger partial charge in [0.1, 0.15) is 0 Å². The molecular weight excluding hydrogens is 174 g/mol. The lowest BCUT2D eigenvalue weighted by molar-refractivity contribution is -0.118. The predicted octanol–water partition coefficient (Wildman–Crippen LogP) is 4.00. The molecule has 1 N–H and O–H groups in total. The van der Waals surface area contributed by atoms with Crippen LogP contribution in [0.5, 0.6) is 0 Å². The third-order valence-electron chi connectivity index (χ3n) is 0.904. The first kappa shape index (κ1) is 19.1. The van der Waals surface area contributed by atoms with Crippen molar-refractivity contribution in [2.24, 2.45) is 0 Å². The average molecular weight is 205 g/mol. The van der Waals surface area contributed by atoms with E-state index in [9.17, 15) is 4.79 Å². The molecule has 0 aromatic rings. The van der Waals surface area contributed by atoms with Crippen molar-refractivity contribution in [1.29, 1.82) is 0 Å². The van der Waals surface area contributed by atoms with Gasteiger partial charge in [-0.1, -0.05) is 53.9 Å². The summed E-state index contributed by atoms with van der Waals surface area (Å²) in [7, 11) is 0. The third kappa shape index (κ3) is 62.9. The van der Waals surface area contributed by atoms with Gasteiger partial charge in [0.25, 0.3) is 0 Å². The maximum absolute atomic E-state index is 10.2. The SMILES string of the molecule is CCC.CCC.CCCCNC(C)=O.[HH]. The van der Waals surface area contributed by atoms with Crippen LogP contribution in [0.3, 0.4) is 0 Å². The number of unbranched alkanes of at least 4 members (excludes halogenated alkanes) is 1. The maximum Gasteiger partial charge on any atom is 0.216 e. The summed E-state index contributed by atoms with van der Waals surface area (Å²) >= 11 is 0. The van der Waals surface area contributed by atoms with Crippen LogP contribution in [0.2, 0.25) is 0 Å². The molecular formula is C12H31NO. The number of carbonyl (C=O) groups excluding carboxylic acids is 1. The van der Waals surface area contributed by atoms with Crippen molar-refractivity contribution in [2.75, 3.05) is 6.54 Å². The summed E-state index contributed by atoms with van der Waals surface area (Å²) in [4.78, 5) is 10.2. The first-order valence-electron chi connectivity index (χ1n) is 5.84. The first-order valence-corrected chi connectivity index (χ1v) is 5.84. The van der Waals surface area contributed by atoms with Crippen LogP contribution >= 0.6 is 0 Å². The van der Waals surface area contributed by atoms with Crippen LogP contribution in [-0.4, -0.2) is 12.5 Å². The topological polar surface area (TPSA) is 29.1 Å². The Morgan fingerprint density at radius 2 is 1.43 bits per heavy atom. The minimum atomic E-state index is 0. The van der Waals surface area contributed by atoms with Crippen LogP contribution < -0.4 is 5.32 Å². The quantitative estimate of drug-likeness (QED) is 0.693. The van der Waals surface area contributed by atoms with Crippen LogP contribution in [0, 0.1) is 0 Å². The van der Waals surface area contributed by atoms with Crippen molar-refractivity contribution < 1.29 is 6.22 Å². The molecule has 0 aromatic carbocycles. The second kappa shape index (κ2) is 22.9. The summed E-state index contributed by atoms with van der Waals surface area (Å²) in [5.74, 6) is 0.0680. The number of nitrogens with one attached hydrogen (secondary N) is 1. The molecule has 0 aliphatic carbocycles. The van der Waals surface area contributed by atoms with E-state index in [1.807, 2.05) is 0 Å². The second-order valence-electron chi connectivity index (χ2n) is 3.25. The molecule has 14 heavy (non-hydrogen) atoms. The molecule has 0 spiro atoms. The molecule has 2 nitrogen and oxygen atoms in total. The summed E-state index contributed by atoms with van der Waals surface area (Å²) in [5, 5.41) is 2.71. The maximum atomic E-state index is 10.2.